The molecule has 0 aliphatic heterocycles. The summed E-state index contributed by atoms with van der Waals surface area (Å²) in [5.41, 5.74) is 10.6. The SMILES string of the molecule is CCC(CN)c1ncc(-c2cc(C)cc(C)c2)[nH]1. The standard InChI is InChI=1S/C15H21N3/c1-4-12(8-16)15-17-9-14(18-15)13-6-10(2)5-11(3)7-13/h5-7,9,12H,4,8,16H2,1-3H3,(H,17,18). The molecule has 2 rings (SSSR count). The van der Waals surface area contributed by atoms with Gasteiger partial charge in [-0.25, -0.2) is 4.98 Å². The highest BCUT2D eigenvalue weighted by Crippen LogP contribution is 2.23. The molecular weight excluding hydrogens is 222 g/mol. The molecule has 3 N–H and O–H groups in total. The largest absolute Gasteiger partial charge is 0.342 e. The molecule has 0 aliphatic carbocycles. The quantitative estimate of drug-likeness (QED) is 0.866. The van der Waals surface area contributed by atoms with Crippen LogP contribution >= 0.6 is 0 Å². The average molecular weight is 243 g/mol. The van der Waals surface area contributed by atoms with Crippen LogP contribution in [-0.4, -0.2) is 16.5 Å². The van der Waals surface area contributed by atoms with E-state index >= 15 is 0 Å². The molecule has 1 unspecified atom stereocenters. The van der Waals surface area contributed by atoms with Crippen molar-refractivity contribution >= 4 is 0 Å². The van der Waals surface area contributed by atoms with Gasteiger partial charge in [0.1, 0.15) is 5.82 Å². The minimum atomic E-state index is 0.324. The first kappa shape index (κ1) is 12.8. The Kier molecular flexibility index (Phi) is 3.82. The summed E-state index contributed by atoms with van der Waals surface area (Å²) in [4.78, 5) is 7.85. The van der Waals surface area contributed by atoms with Crippen molar-refractivity contribution in [3.63, 3.8) is 0 Å². The number of aromatic amines is 1. The molecule has 1 aromatic heterocycles. The average Bonchev–Trinajstić information content (AvgIpc) is 2.79. The summed E-state index contributed by atoms with van der Waals surface area (Å²) in [5.74, 6) is 1.32. The normalized spacial score (nSPS) is 12.7. The highest BCUT2D eigenvalue weighted by atomic mass is 14.9. The van der Waals surface area contributed by atoms with Crippen molar-refractivity contribution in [1.82, 2.24) is 9.97 Å². The zero-order chi connectivity index (χ0) is 13.1. The Balaban J connectivity index is 2.34. The van der Waals surface area contributed by atoms with E-state index in [1.54, 1.807) is 0 Å². The van der Waals surface area contributed by atoms with E-state index in [-0.39, 0.29) is 0 Å². The van der Waals surface area contributed by atoms with Gasteiger partial charge in [-0.3, -0.25) is 0 Å². The lowest BCUT2D eigenvalue weighted by molar-refractivity contribution is 0.639. The van der Waals surface area contributed by atoms with Crippen LogP contribution < -0.4 is 5.73 Å². The van der Waals surface area contributed by atoms with Crippen LogP contribution in [0.15, 0.2) is 24.4 Å². The van der Waals surface area contributed by atoms with E-state index in [9.17, 15) is 0 Å². The van der Waals surface area contributed by atoms with Crippen LogP contribution in [0.25, 0.3) is 11.3 Å². The number of hydrogen-bond donors (Lipinski definition) is 2. The predicted molar refractivity (Wildman–Crippen MR) is 75.6 cm³/mol. The van der Waals surface area contributed by atoms with Crippen LogP contribution in [0.5, 0.6) is 0 Å². The molecule has 2 aromatic rings. The van der Waals surface area contributed by atoms with E-state index in [1.807, 2.05) is 6.20 Å². The van der Waals surface area contributed by atoms with Gasteiger partial charge in [0.05, 0.1) is 11.9 Å². The molecule has 0 radical (unpaired) electrons. The molecule has 1 atom stereocenters. The molecule has 1 aromatic carbocycles. The van der Waals surface area contributed by atoms with Crippen molar-refractivity contribution in [2.75, 3.05) is 6.54 Å². The van der Waals surface area contributed by atoms with Gasteiger partial charge in [-0.1, -0.05) is 24.1 Å². The monoisotopic (exact) mass is 243 g/mol. The number of benzene rings is 1. The fraction of sp³-hybridized carbons (Fsp3) is 0.400. The Morgan fingerprint density at radius 2 is 1.89 bits per heavy atom. The number of rotatable bonds is 4. The smallest absolute Gasteiger partial charge is 0.110 e. The van der Waals surface area contributed by atoms with Gasteiger partial charge in [0.15, 0.2) is 0 Å². The van der Waals surface area contributed by atoms with Crippen LogP contribution in [0.4, 0.5) is 0 Å². The fourth-order valence-corrected chi connectivity index (χ4v) is 2.29. The molecule has 3 nitrogen and oxygen atoms in total. The van der Waals surface area contributed by atoms with E-state index in [0.29, 0.717) is 12.5 Å². The highest BCUT2D eigenvalue weighted by molar-refractivity contribution is 5.60. The Morgan fingerprint density at radius 1 is 1.22 bits per heavy atom. The molecule has 96 valence electrons. The molecule has 0 saturated carbocycles. The van der Waals surface area contributed by atoms with Crippen LogP contribution in [-0.2, 0) is 0 Å². The summed E-state index contributed by atoms with van der Waals surface area (Å²) < 4.78 is 0. The lowest BCUT2D eigenvalue weighted by Crippen LogP contribution is -2.12. The van der Waals surface area contributed by atoms with Gasteiger partial charge in [-0.2, -0.15) is 0 Å². The number of nitrogens with one attached hydrogen (secondary N) is 1. The van der Waals surface area contributed by atoms with Gasteiger partial charge in [0, 0.05) is 18.0 Å². The zero-order valence-corrected chi connectivity index (χ0v) is 11.3. The van der Waals surface area contributed by atoms with Gasteiger partial charge in [0.2, 0.25) is 0 Å². The van der Waals surface area contributed by atoms with Crippen molar-refractivity contribution in [3.05, 3.63) is 41.3 Å². The first-order valence-corrected chi connectivity index (χ1v) is 6.47. The number of nitrogens with two attached hydrogens (primary N) is 1. The maximum atomic E-state index is 5.75. The van der Waals surface area contributed by atoms with Crippen LogP contribution in [0, 0.1) is 13.8 Å². The maximum absolute atomic E-state index is 5.75. The van der Waals surface area contributed by atoms with Gasteiger partial charge < -0.3 is 10.7 Å². The lowest BCUT2D eigenvalue weighted by atomic mass is 10.1. The van der Waals surface area contributed by atoms with E-state index in [4.69, 9.17) is 5.73 Å². The molecule has 0 bridgehead atoms. The Morgan fingerprint density at radius 3 is 2.44 bits per heavy atom. The third-order valence-electron chi connectivity index (χ3n) is 3.29. The van der Waals surface area contributed by atoms with Crippen LogP contribution in [0.3, 0.4) is 0 Å². The van der Waals surface area contributed by atoms with E-state index in [2.05, 4.69) is 48.9 Å². The summed E-state index contributed by atoms with van der Waals surface area (Å²) >= 11 is 0. The molecule has 1 heterocycles. The molecule has 0 spiro atoms. The van der Waals surface area contributed by atoms with Gasteiger partial charge in [-0.15, -0.1) is 0 Å². The molecule has 0 saturated heterocycles. The molecular formula is C15H21N3. The van der Waals surface area contributed by atoms with E-state index in [0.717, 1.165) is 17.9 Å². The third kappa shape index (κ3) is 2.62. The fourth-order valence-electron chi connectivity index (χ4n) is 2.29. The first-order valence-electron chi connectivity index (χ1n) is 6.47. The number of aromatic nitrogens is 2. The molecule has 0 aliphatic rings. The van der Waals surface area contributed by atoms with E-state index in [1.165, 1.54) is 16.7 Å². The molecule has 0 fully saturated rings. The topological polar surface area (TPSA) is 54.7 Å². The second-order valence-corrected chi connectivity index (χ2v) is 4.90. The number of H-pyrrole nitrogens is 1. The van der Waals surface area contributed by atoms with Gasteiger partial charge in [-0.05, 0) is 32.4 Å². The molecule has 3 heteroatoms. The van der Waals surface area contributed by atoms with Crippen molar-refractivity contribution < 1.29 is 0 Å². The minimum Gasteiger partial charge on any atom is -0.342 e. The van der Waals surface area contributed by atoms with Crippen molar-refractivity contribution in [1.29, 1.82) is 0 Å². The van der Waals surface area contributed by atoms with Crippen molar-refractivity contribution in [2.45, 2.75) is 33.1 Å². The summed E-state index contributed by atoms with van der Waals surface area (Å²) in [6, 6.07) is 6.52. The van der Waals surface area contributed by atoms with Crippen LogP contribution in [0.1, 0.15) is 36.2 Å². The summed E-state index contributed by atoms with van der Waals surface area (Å²) in [7, 11) is 0. The number of hydrogen-bond acceptors (Lipinski definition) is 2. The van der Waals surface area contributed by atoms with Crippen molar-refractivity contribution in [2.24, 2.45) is 5.73 Å². The Bertz CT molecular complexity index is 504. The number of aryl methyl sites for hydroxylation is 2. The third-order valence-corrected chi connectivity index (χ3v) is 3.29. The summed E-state index contributed by atoms with van der Waals surface area (Å²) in [5, 5.41) is 0. The zero-order valence-electron chi connectivity index (χ0n) is 11.3. The maximum Gasteiger partial charge on any atom is 0.110 e. The van der Waals surface area contributed by atoms with Gasteiger partial charge >= 0.3 is 0 Å². The number of imidazole rings is 1. The highest BCUT2D eigenvalue weighted by Gasteiger charge is 2.12. The Hall–Kier alpha value is -1.61. The van der Waals surface area contributed by atoms with Crippen LogP contribution in [0.2, 0.25) is 0 Å². The molecule has 0 amide bonds. The van der Waals surface area contributed by atoms with Crippen molar-refractivity contribution in [3.8, 4) is 11.3 Å². The molecule has 18 heavy (non-hydrogen) atoms. The second kappa shape index (κ2) is 5.36. The lowest BCUT2D eigenvalue weighted by Gasteiger charge is -2.08. The first-order chi connectivity index (χ1) is 8.63. The minimum absolute atomic E-state index is 0.324. The Labute approximate surface area is 108 Å². The second-order valence-electron chi connectivity index (χ2n) is 4.90. The number of nitrogens with zero attached hydrogens (tertiary/aromatic N) is 1. The summed E-state index contributed by atoms with van der Waals surface area (Å²) in [6.07, 6.45) is 2.91. The summed E-state index contributed by atoms with van der Waals surface area (Å²) in [6.45, 7) is 7.00. The van der Waals surface area contributed by atoms with Gasteiger partial charge in [0.25, 0.3) is 0 Å². The van der Waals surface area contributed by atoms with E-state index < -0.39 is 0 Å². The predicted octanol–water partition coefficient (Wildman–Crippen LogP) is 3.15.